The number of nitrogens with one attached hydrogen (secondary N) is 2. The summed E-state index contributed by atoms with van der Waals surface area (Å²) in [7, 11) is -1.53. The lowest BCUT2D eigenvalue weighted by Gasteiger charge is -2.12. The normalized spacial score (nSPS) is 11.9. The van der Waals surface area contributed by atoms with Crippen LogP contribution in [0.5, 0.6) is 5.75 Å². The first-order valence-electron chi connectivity index (χ1n) is 9.78. The Morgan fingerprint density at radius 3 is 2.34 bits per heavy atom. The van der Waals surface area contributed by atoms with E-state index < -0.39 is 9.84 Å². The molecule has 29 heavy (non-hydrogen) atoms. The monoisotopic (exact) mass is 417 g/mol. The zero-order valence-corrected chi connectivity index (χ0v) is 18.5. The Morgan fingerprint density at radius 1 is 1.07 bits per heavy atom. The van der Waals surface area contributed by atoms with Gasteiger partial charge in [-0.25, -0.2) is 13.4 Å². The third-order valence-electron chi connectivity index (χ3n) is 4.50. The molecule has 2 aromatic carbocycles. The molecule has 0 aliphatic heterocycles. The number of nitrogens with zero attached hydrogens (tertiary/aromatic N) is 1. The van der Waals surface area contributed by atoms with Gasteiger partial charge in [0.1, 0.15) is 5.75 Å². The standard InChI is InChI=1S/C22H31N3O3S/c1-5-23-22(24-14-6-7-18-8-11-20(28-3)12-9-18)25-16-19-10-13-21(17(2)15-19)29(4,26)27/h8-13,15H,5-7,14,16H2,1-4H3,(H2,23,24,25). The molecule has 0 aliphatic rings. The lowest BCUT2D eigenvalue weighted by Crippen LogP contribution is -2.37. The molecular weight excluding hydrogens is 386 g/mol. The van der Waals surface area contributed by atoms with Gasteiger partial charge in [-0.05, 0) is 61.6 Å². The fourth-order valence-corrected chi connectivity index (χ4v) is 3.99. The Kier molecular flexibility index (Phi) is 8.51. The van der Waals surface area contributed by atoms with Gasteiger partial charge in [-0.2, -0.15) is 0 Å². The highest BCUT2D eigenvalue weighted by molar-refractivity contribution is 7.90. The number of aliphatic imine (C=N–C) groups is 1. The molecule has 0 radical (unpaired) electrons. The maximum Gasteiger partial charge on any atom is 0.191 e. The second-order valence-electron chi connectivity index (χ2n) is 6.95. The molecular formula is C22H31N3O3S. The molecule has 0 aliphatic carbocycles. The predicted octanol–water partition coefficient (Wildman–Crippen LogP) is 3.10. The predicted molar refractivity (Wildman–Crippen MR) is 118 cm³/mol. The average Bonchev–Trinajstić information content (AvgIpc) is 2.68. The second-order valence-corrected chi connectivity index (χ2v) is 8.93. The van der Waals surface area contributed by atoms with Crippen LogP contribution in [0.25, 0.3) is 0 Å². The highest BCUT2D eigenvalue weighted by Gasteiger charge is 2.10. The van der Waals surface area contributed by atoms with E-state index in [1.165, 1.54) is 11.8 Å². The smallest absolute Gasteiger partial charge is 0.191 e. The highest BCUT2D eigenvalue weighted by atomic mass is 32.2. The molecule has 0 spiro atoms. The van der Waals surface area contributed by atoms with Crippen molar-refractivity contribution in [2.45, 2.75) is 38.1 Å². The number of benzene rings is 2. The van der Waals surface area contributed by atoms with E-state index in [1.54, 1.807) is 13.2 Å². The zero-order chi connectivity index (χ0) is 21.3. The van der Waals surface area contributed by atoms with Gasteiger partial charge in [-0.3, -0.25) is 0 Å². The van der Waals surface area contributed by atoms with Crippen LogP contribution in [0.3, 0.4) is 0 Å². The Bertz CT molecular complexity index is 923. The minimum absolute atomic E-state index is 0.369. The highest BCUT2D eigenvalue weighted by Crippen LogP contribution is 2.17. The summed E-state index contributed by atoms with van der Waals surface area (Å²) in [5.41, 5.74) is 3.00. The number of hydrogen-bond donors (Lipinski definition) is 2. The van der Waals surface area contributed by atoms with Crippen LogP contribution < -0.4 is 15.4 Å². The molecule has 2 N–H and O–H groups in total. The number of rotatable bonds is 9. The molecule has 7 heteroatoms. The number of sulfone groups is 1. The second kappa shape index (κ2) is 10.9. The van der Waals surface area contributed by atoms with Crippen molar-refractivity contribution >= 4 is 15.8 Å². The summed E-state index contributed by atoms with van der Waals surface area (Å²) in [5, 5.41) is 6.60. The zero-order valence-electron chi connectivity index (χ0n) is 17.7. The number of ether oxygens (including phenoxy) is 1. The van der Waals surface area contributed by atoms with Crippen LogP contribution in [-0.4, -0.2) is 40.8 Å². The molecule has 0 fully saturated rings. The van der Waals surface area contributed by atoms with Gasteiger partial charge in [-0.1, -0.05) is 24.3 Å². The van der Waals surface area contributed by atoms with E-state index in [1.807, 2.05) is 38.1 Å². The summed E-state index contributed by atoms with van der Waals surface area (Å²) < 4.78 is 28.7. The van der Waals surface area contributed by atoms with E-state index >= 15 is 0 Å². The topological polar surface area (TPSA) is 79.8 Å². The van der Waals surface area contributed by atoms with Crippen LogP contribution in [0.1, 0.15) is 30.0 Å². The third kappa shape index (κ3) is 7.42. The van der Waals surface area contributed by atoms with Crippen molar-refractivity contribution in [2.24, 2.45) is 4.99 Å². The number of aryl methyl sites for hydroxylation is 2. The lowest BCUT2D eigenvalue weighted by molar-refractivity contribution is 0.414. The van der Waals surface area contributed by atoms with Crippen LogP contribution >= 0.6 is 0 Å². The summed E-state index contributed by atoms with van der Waals surface area (Å²) in [5.74, 6) is 1.63. The summed E-state index contributed by atoms with van der Waals surface area (Å²) in [6, 6.07) is 13.5. The van der Waals surface area contributed by atoms with Gasteiger partial charge in [0, 0.05) is 19.3 Å². The van der Waals surface area contributed by atoms with Gasteiger partial charge in [0.25, 0.3) is 0 Å². The van der Waals surface area contributed by atoms with E-state index in [-0.39, 0.29) is 0 Å². The molecule has 0 heterocycles. The molecule has 0 bridgehead atoms. The van der Waals surface area contributed by atoms with Crippen LogP contribution in [0.4, 0.5) is 0 Å². The molecule has 158 valence electrons. The summed E-state index contributed by atoms with van der Waals surface area (Å²) >= 11 is 0. The van der Waals surface area contributed by atoms with E-state index in [4.69, 9.17) is 4.74 Å². The summed E-state index contributed by atoms with van der Waals surface area (Å²) in [6.45, 7) is 5.91. The molecule has 0 atom stereocenters. The lowest BCUT2D eigenvalue weighted by atomic mass is 10.1. The Morgan fingerprint density at radius 2 is 1.76 bits per heavy atom. The Balaban J connectivity index is 1.89. The van der Waals surface area contributed by atoms with E-state index in [2.05, 4.69) is 27.8 Å². The van der Waals surface area contributed by atoms with Crippen LogP contribution in [0.15, 0.2) is 52.4 Å². The molecule has 2 rings (SSSR count). The van der Waals surface area contributed by atoms with E-state index in [0.29, 0.717) is 11.4 Å². The van der Waals surface area contributed by atoms with Gasteiger partial charge in [0.15, 0.2) is 15.8 Å². The Labute approximate surface area is 174 Å². The largest absolute Gasteiger partial charge is 0.497 e. The maximum absolute atomic E-state index is 11.7. The molecule has 0 unspecified atom stereocenters. The molecule has 0 amide bonds. The van der Waals surface area contributed by atoms with Crippen LogP contribution in [0.2, 0.25) is 0 Å². The molecule has 0 saturated carbocycles. The SMILES string of the molecule is CCNC(=NCc1ccc(S(C)(=O)=O)c(C)c1)NCCCc1ccc(OC)cc1. The first kappa shape index (κ1) is 22.7. The van der Waals surface area contributed by atoms with Gasteiger partial charge >= 0.3 is 0 Å². The quantitative estimate of drug-likeness (QED) is 0.372. The first-order valence-corrected chi connectivity index (χ1v) is 11.7. The fourth-order valence-electron chi connectivity index (χ4n) is 3.03. The number of guanidine groups is 1. The van der Waals surface area contributed by atoms with E-state index in [9.17, 15) is 8.42 Å². The van der Waals surface area contributed by atoms with Crippen LogP contribution in [-0.2, 0) is 22.8 Å². The molecule has 0 saturated heterocycles. The molecule has 0 aromatic heterocycles. The van der Waals surface area contributed by atoms with Crippen molar-refractivity contribution in [1.82, 2.24) is 10.6 Å². The molecule has 2 aromatic rings. The van der Waals surface area contributed by atoms with Crippen LogP contribution in [0, 0.1) is 6.92 Å². The maximum atomic E-state index is 11.7. The van der Waals surface area contributed by atoms with E-state index in [0.717, 1.165) is 48.8 Å². The minimum atomic E-state index is -3.20. The van der Waals surface area contributed by atoms with Gasteiger partial charge < -0.3 is 15.4 Å². The van der Waals surface area contributed by atoms with Gasteiger partial charge in [-0.15, -0.1) is 0 Å². The fraction of sp³-hybridized carbons (Fsp3) is 0.409. The molecule has 6 nitrogen and oxygen atoms in total. The third-order valence-corrected chi connectivity index (χ3v) is 5.75. The van der Waals surface area contributed by atoms with Crippen molar-refractivity contribution < 1.29 is 13.2 Å². The van der Waals surface area contributed by atoms with Crippen molar-refractivity contribution in [3.05, 3.63) is 59.2 Å². The van der Waals surface area contributed by atoms with Crippen molar-refractivity contribution in [3.63, 3.8) is 0 Å². The van der Waals surface area contributed by atoms with Crippen molar-refractivity contribution in [2.75, 3.05) is 26.5 Å². The summed E-state index contributed by atoms with van der Waals surface area (Å²) in [6.07, 6.45) is 3.19. The van der Waals surface area contributed by atoms with Gasteiger partial charge in [0.05, 0.1) is 18.6 Å². The number of methoxy groups -OCH3 is 1. The van der Waals surface area contributed by atoms with Crippen molar-refractivity contribution in [3.8, 4) is 5.75 Å². The first-order chi connectivity index (χ1) is 13.8. The summed E-state index contributed by atoms with van der Waals surface area (Å²) in [4.78, 5) is 4.98. The Hall–Kier alpha value is -2.54. The minimum Gasteiger partial charge on any atom is -0.497 e. The average molecular weight is 418 g/mol. The number of hydrogen-bond acceptors (Lipinski definition) is 4. The van der Waals surface area contributed by atoms with Crippen molar-refractivity contribution in [1.29, 1.82) is 0 Å². The van der Waals surface area contributed by atoms with Gasteiger partial charge in [0.2, 0.25) is 0 Å².